The summed E-state index contributed by atoms with van der Waals surface area (Å²) >= 11 is 0. The third-order valence-electron chi connectivity index (χ3n) is 11.0. The van der Waals surface area contributed by atoms with Gasteiger partial charge >= 0.3 is 0 Å². The van der Waals surface area contributed by atoms with Crippen LogP contribution in [-0.4, -0.2) is 64.9 Å². The number of fused-ring (bicyclic) bond motifs is 3. The van der Waals surface area contributed by atoms with Crippen LogP contribution in [0.4, 0.5) is 0 Å². The molecule has 0 radical (unpaired) electrons. The highest BCUT2D eigenvalue weighted by molar-refractivity contribution is 6.25. The molecule has 8 rings (SSSR count). The van der Waals surface area contributed by atoms with Crippen LogP contribution in [-0.2, 0) is 38.1 Å². The van der Waals surface area contributed by atoms with Crippen molar-refractivity contribution in [2.75, 3.05) is 0 Å². The number of rotatable bonds is 12. The van der Waals surface area contributed by atoms with Gasteiger partial charge in [0.2, 0.25) is 0 Å². The molecular weight excluding hydrogens is 536 g/mol. The van der Waals surface area contributed by atoms with Crippen LogP contribution in [0.25, 0.3) is 0 Å². The highest BCUT2D eigenvalue weighted by Gasteiger charge is 2.84. The summed E-state index contributed by atoms with van der Waals surface area (Å²) in [4.78, 5) is 57.9. The molecular formula is C34H40O8. The van der Waals surface area contributed by atoms with Gasteiger partial charge in [-0.15, -0.1) is 13.2 Å². The van der Waals surface area contributed by atoms with E-state index in [9.17, 15) is 14.4 Å². The summed E-state index contributed by atoms with van der Waals surface area (Å²) in [7, 11) is 0. The molecule has 4 unspecified atom stereocenters. The number of hydrogen-bond acceptors (Lipinski definition) is 8. The highest BCUT2D eigenvalue weighted by Crippen LogP contribution is 2.71. The van der Waals surface area contributed by atoms with Crippen molar-refractivity contribution in [3.05, 3.63) is 48.3 Å². The molecule has 42 heavy (non-hydrogen) atoms. The second kappa shape index (κ2) is 9.66. The molecule has 10 atom stereocenters. The van der Waals surface area contributed by atoms with E-state index in [-0.39, 0.29) is 41.5 Å². The Labute approximate surface area is 246 Å². The molecule has 4 fully saturated rings. The van der Waals surface area contributed by atoms with E-state index < -0.39 is 59.0 Å². The maximum absolute atomic E-state index is 15.2. The van der Waals surface area contributed by atoms with Crippen LogP contribution in [0.3, 0.4) is 0 Å². The Balaban J connectivity index is 1.46. The lowest BCUT2D eigenvalue weighted by molar-refractivity contribution is -0.212. The average molecular weight is 577 g/mol. The van der Waals surface area contributed by atoms with Gasteiger partial charge in [0, 0.05) is 41.4 Å². The molecule has 8 heteroatoms. The van der Waals surface area contributed by atoms with Crippen molar-refractivity contribution < 1.29 is 38.1 Å². The summed E-state index contributed by atoms with van der Waals surface area (Å²) in [6.07, 6.45) is 8.41. The maximum Gasteiger partial charge on any atom is 0.195 e. The van der Waals surface area contributed by atoms with Gasteiger partial charge < -0.3 is 18.9 Å². The van der Waals surface area contributed by atoms with Crippen LogP contribution in [0.5, 0.6) is 0 Å². The third-order valence-corrected chi connectivity index (χ3v) is 11.0. The Morgan fingerprint density at radius 3 is 2.10 bits per heavy atom. The molecule has 8 nitrogen and oxygen atoms in total. The fraction of sp³-hybridized carbons (Fsp3) is 0.647. The van der Waals surface area contributed by atoms with Gasteiger partial charge in [0.15, 0.2) is 46.5 Å². The Bertz CT molecular complexity index is 1360. The fourth-order valence-electron chi connectivity index (χ4n) is 9.15. The van der Waals surface area contributed by atoms with Crippen LogP contribution in [0.2, 0.25) is 0 Å². The van der Waals surface area contributed by atoms with E-state index in [0.29, 0.717) is 24.0 Å². The van der Waals surface area contributed by atoms with Crippen molar-refractivity contribution in [3.8, 4) is 0 Å². The molecule has 3 aliphatic carbocycles. The van der Waals surface area contributed by atoms with E-state index in [1.54, 1.807) is 12.2 Å². The smallest absolute Gasteiger partial charge is 0.195 e. The van der Waals surface area contributed by atoms with Crippen LogP contribution in [0.15, 0.2) is 48.3 Å². The normalized spacial score (nSPS) is 43.9. The molecule has 0 aromatic carbocycles. The van der Waals surface area contributed by atoms with Crippen LogP contribution >= 0.6 is 0 Å². The van der Waals surface area contributed by atoms with Gasteiger partial charge in [0.1, 0.15) is 6.10 Å². The zero-order valence-electron chi connectivity index (χ0n) is 24.5. The lowest BCUT2D eigenvalue weighted by Crippen LogP contribution is -2.74. The van der Waals surface area contributed by atoms with Crippen molar-refractivity contribution in [1.82, 2.24) is 0 Å². The first-order valence-corrected chi connectivity index (χ1v) is 15.8. The Kier molecular flexibility index (Phi) is 6.47. The highest BCUT2D eigenvalue weighted by atomic mass is 16.6. The number of epoxide rings is 2. The summed E-state index contributed by atoms with van der Waals surface area (Å²) in [5.41, 5.74) is -3.06. The average Bonchev–Trinajstić information content (AvgIpc) is 3.90. The largest absolute Gasteiger partial charge is 0.497 e. The van der Waals surface area contributed by atoms with E-state index in [1.165, 1.54) is 6.26 Å². The molecule has 0 N–H and O–H groups in total. The lowest BCUT2D eigenvalue weighted by atomic mass is 9.42. The molecule has 0 aromatic rings. The number of carbonyl (C=O) groups excluding carboxylic acids is 4. The number of unbranched alkanes of at least 4 members (excludes halogenated alkanes) is 4. The molecule has 1 saturated carbocycles. The van der Waals surface area contributed by atoms with Crippen molar-refractivity contribution in [3.63, 3.8) is 0 Å². The molecule has 2 bridgehead atoms. The topological polar surface area (TPSA) is 112 Å². The number of carbonyl (C=O) groups is 4. The predicted molar refractivity (Wildman–Crippen MR) is 151 cm³/mol. The molecule has 0 aromatic heterocycles. The number of hydrogen-bond donors (Lipinski definition) is 0. The maximum atomic E-state index is 15.2. The minimum Gasteiger partial charge on any atom is -0.497 e. The third kappa shape index (κ3) is 3.29. The van der Waals surface area contributed by atoms with Gasteiger partial charge in [-0.1, -0.05) is 58.1 Å². The summed E-state index contributed by atoms with van der Waals surface area (Å²) < 4.78 is 25.0. The summed E-state index contributed by atoms with van der Waals surface area (Å²) in [5, 5.41) is 0. The Morgan fingerprint density at radius 2 is 1.43 bits per heavy atom. The minimum absolute atomic E-state index is 0.193. The standard InChI is InChI=1S/C34H40O8/c1-5-9-11-13-19-24-27-22-21(28(37)32(15-7-3)30(41-32)26(22)36)23(20(40-27)14-12-10-6-2)34(24)18(17-39-19)25(35)29-33(42-29,16-8-4)31(34)38/h7-8,17,19-20,23-24,27,29-30H,3-6,9-16H2,1-2H3/t19-,20+,23?,24?,27?,29+,30+,32-,33-,34?/m1/s1. The predicted octanol–water partition coefficient (Wildman–Crippen LogP) is 4.46. The zero-order chi connectivity index (χ0) is 29.6. The summed E-state index contributed by atoms with van der Waals surface area (Å²) in [6, 6.07) is 0. The first kappa shape index (κ1) is 28.1. The fourth-order valence-corrected chi connectivity index (χ4v) is 9.15. The SMILES string of the molecule is C=CC[C@@]12O[C@H]1C(=O)C1=CO[C@H](CCCCC)C3C4O[C@@H](CCCCC)C(C5=C4C(=O)[C@@H]4O[C@]4(CC=C)C5=O)C13C2=O. The van der Waals surface area contributed by atoms with Crippen molar-refractivity contribution in [2.45, 2.75) is 120 Å². The first-order chi connectivity index (χ1) is 20.3. The molecule has 3 saturated heterocycles. The summed E-state index contributed by atoms with van der Waals surface area (Å²) in [5.74, 6) is -2.42. The molecule has 0 amide bonds. The quantitative estimate of drug-likeness (QED) is 0.190. The molecule has 1 spiro atoms. The van der Waals surface area contributed by atoms with Gasteiger partial charge in [-0.25, -0.2) is 0 Å². The van der Waals surface area contributed by atoms with Gasteiger partial charge in [0.05, 0.1) is 23.9 Å². The lowest BCUT2D eigenvalue weighted by Gasteiger charge is -2.63. The van der Waals surface area contributed by atoms with Crippen LogP contribution < -0.4 is 0 Å². The van der Waals surface area contributed by atoms with Gasteiger partial charge in [0.25, 0.3) is 0 Å². The second-order valence-corrected chi connectivity index (χ2v) is 13.1. The molecule has 8 aliphatic rings. The van der Waals surface area contributed by atoms with Crippen molar-refractivity contribution in [1.29, 1.82) is 0 Å². The van der Waals surface area contributed by atoms with E-state index in [1.807, 2.05) is 0 Å². The number of ketones is 4. The van der Waals surface area contributed by atoms with E-state index in [0.717, 1.165) is 38.5 Å². The van der Waals surface area contributed by atoms with Gasteiger partial charge in [-0.3, -0.25) is 19.2 Å². The Hall–Kier alpha value is -2.68. The number of ether oxygens (including phenoxy) is 4. The molecule has 224 valence electrons. The van der Waals surface area contributed by atoms with Crippen molar-refractivity contribution >= 4 is 23.1 Å². The van der Waals surface area contributed by atoms with E-state index >= 15 is 4.79 Å². The summed E-state index contributed by atoms with van der Waals surface area (Å²) in [6.45, 7) is 11.9. The van der Waals surface area contributed by atoms with Gasteiger partial charge in [-0.2, -0.15) is 0 Å². The molecule has 5 aliphatic heterocycles. The van der Waals surface area contributed by atoms with Crippen molar-refractivity contribution in [2.24, 2.45) is 17.3 Å². The Morgan fingerprint density at radius 1 is 0.810 bits per heavy atom. The van der Waals surface area contributed by atoms with Crippen LogP contribution in [0, 0.1) is 17.3 Å². The first-order valence-electron chi connectivity index (χ1n) is 15.8. The zero-order valence-corrected chi connectivity index (χ0v) is 24.5. The molecule has 5 heterocycles. The van der Waals surface area contributed by atoms with Crippen LogP contribution in [0.1, 0.15) is 78.1 Å². The minimum atomic E-state index is -1.39. The van der Waals surface area contributed by atoms with E-state index in [2.05, 4.69) is 27.0 Å². The monoisotopic (exact) mass is 576 g/mol. The van der Waals surface area contributed by atoms with Gasteiger partial charge in [-0.05, 0) is 19.3 Å². The number of Topliss-reactive ketones (excluding diaryl/α,β-unsaturated/α-hetero) is 4. The second-order valence-electron chi connectivity index (χ2n) is 13.1. The van der Waals surface area contributed by atoms with E-state index in [4.69, 9.17) is 18.9 Å².